The zero-order valence-electron chi connectivity index (χ0n) is 10.3. The molecule has 0 aliphatic rings. The average molecular weight is 255 g/mol. The molecule has 0 fully saturated rings. The second-order valence-electron chi connectivity index (χ2n) is 3.85. The van der Waals surface area contributed by atoms with Crippen molar-refractivity contribution in [3.05, 3.63) is 0 Å². The van der Waals surface area contributed by atoms with Crippen LogP contribution in [0.3, 0.4) is 0 Å². The van der Waals surface area contributed by atoms with Crippen LogP contribution in [-0.4, -0.2) is 41.6 Å². The van der Waals surface area contributed by atoms with Gasteiger partial charge in [-0.3, -0.25) is 4.79 Å². The number of carboxylic acid groups (broad SMARTS) is 1. The van der Waals surface area contributed by atoms with Crippen molar-refractivity contribution in [2.75, 3.05) is 6.54 Å². The van der Waals surface area contributed by atoms with E-state index in [9.17, 15) is 14.4 Å². The third-order valence-corrected chi connectivity index (χ3v) is 1.78. The van der Waals surface area contributed by atoms with Gasteiger partial charge in [-0.05, 0) is 13.8 Å². The standard InChI is InChI=1S/C11H17N3O4/c1-4-5-8(10(16)17)14-11(18)12-6-9(15)13-7(2)3/h1,7-8H,5-6H2,2-3H3,(H,13,15)(H,16,17)(H2,12,14,18). The van der Waals surface area contributed by atoms with Crippen LogP contribution in [0.25, 0.3) is 0 Å². The quantitative estimate of drug-likeness (QED) is 0.470. The van der Waals surface area contributed by atoms with E-state index in [0.29, 0.717) is 0 Å². The molecule has 0 heterocycles. The highest BCUT2D eigenvalue weighted by Gasteiger charge is 2.18. The van der Waals surface area contributed by atoms with Crippen molar-refractivity contribution in [3.8, 4) is 12.3 Å². The minimum Gasteiger partial charge on any atom is -0.480 e. The second kappa shape index (κ2) is 7.95. The van der Waals surface area contributed by atoms with Gasteiger partial charge >= 0.3 is 12.0 Å². The van der Waals surface area contributed by atoms with Crippen molar-refractivity contribution < 1.29 is 19.5 Å². The highest BCUT2D eigenvalue weighted by atomic mass is 16.4. The third-order valence-electron chi connectivity index (χ3n) is 1.78. The van der Waals surface area contributed by atoms with Gasteiger partial charge in [-0.25, -0.2) is 9.59 Å². The van der Waals surface area contributed by atoms with Crippen LogP contribution in [-0.2, 0) is 9.59 Å². The molecular formula is C11H17N3O4. The second-order valence-corrected chi connectivity index (χ2v) is 3.85. The largest absolute Gasteiger partial charge is 0.480 e. The topological polar surface area (TPSA) is 108 Å². The summed E-state index contributed by atoms with van der Waals surface area (Å²) in [6.45, 7) is 3.34. The average Bonchev–Trinajstić information content (AvgIpc) is 2.24. The number of nitrogens with one attached hydrogen (secondary N) is 3. The fraction of sp³-hybridized carbons (Fsp3) is 0.545. The molecule has 100 valence electrons. The Labute approximate surface area is 105 Å². The number of aliphatic carboxylic acids is 1. The predicted molar refractivity (Wildman–Crippen MR) is 64.7 cm³/mol. The van der Waals surface area contributed by atoms with Crippen LogP contribution in [0.4, 0.5) is 4.79 Å². The van der Waals surface area contributed by atoms with Gasteiger partial charge in [-0.2, -0.15) is 0 Å². The van der Waals surface area contributed by atoms with Gasteiger partial charge in [0, 0.05) is 12.5 Å². The molecule has 0 aromatic rings. The van der Waals surface area contributed by atoms with Crippen LogP contribution in [0, 0.1) is 12.3 Å². The van der Waals surface area contributed by atoms with Gasteiger partial charge in [0.2, 0.25) is 5.91 Å². The normalized spacial score (nSPS) is 11.2. The van der Waals surface area contributed by atoms with Crippen molar-refractivity contribution in [1.82, 2.24) is 16.0 Å². The Morgan fingerprint density at radius 2 is 1.89 bits per heavy atom. The van der Waals surface area contributed by atoms with Crippen molar-refractivity contribution in [2.24, 2.45) is 0 Å². The lowest BCUT2D eigenvalue weighted by atomic mass is 10.2. The molecule has 0 saturated heterocycles. The SMILES string of the molecule is C#CCC(NC(=O)NCC(=O)NC(C)C)C(=O)O. The molecule has 0 spiro atoms. The Bertz CT molecular complexity index is 360. The maximum absolute atomic E-state index is 11.3. The first-order valence-electron chi connectivity index (χ1n) is 5.36. The number of amides is 3. The van der Waals surface area contributed by atoms with Gasteiger partial charge in [-0.1, -0.05) is 0 Å². The van der Waals surface area contributed by atoms with Crippen LogP contribution in [0.1, 0.15) is 20.3 Å². The molecule has 1 unspecified atom stereocenters. The Hall–Kier alpha value is -2.23. The van der Waals surface area contributed by atoms with Crippen LogP contribution in [0.15, 0.2) is 0 Å². The molecule has 0 aliphatic heterocycles. The van der Waals surface area contributed by atoms with Gasteiger partial charge < -0.3 is 21.1 Å². The summed E-state index contributed by atoms with van der Waals surface area (Å²) in [6, 6.07) is -1.95. The van der Waals surface area contributed by atoms with E-state index < -0.39 is 18.0 Å². The molecule has 0 aromatic heterocycles. The maximum Gasteiger partial charge on any atom is 0.327 e. The van der Waals surface area contributed by atoms with E-state index in [1.54, 1.807) is 13.8 Å². The maximum atomic E-state index is 11.3. The number of hydrogen-bond acceptors (Lipinski definition) is 3. The molecule has 7 heteroatoms. The Morgan fingerprint density at radius 1 is 1.28 bits per heavy atom. The highest BCUT2D eigenvalue weighted by Crippen LogP contribution is 1.90. The Balaban J connectivity index is 4.07. The van der Waals surface area contributed by atoms with E-state index in [-0.39, 0.29) is 24.9 Å². The smallest absolute Gasteiger partial charge is 0.327 e. The zero-order chi connectivity index (χ0) is 14.1. The van der Waals surface area contributed by atoms with E-state index in [0.717, 1.165) is 0 Å². The minimum atomic E-state index is -1.23. The molecule has 0 radical (unpaired) electrons. The van der Waals surface area contributed by atoms with Crippen LogP contribution < -0.4 is 16.0 Å². The summed E-state index contributed by atoms with van der Waals surface area (Å²) < 4.78 is 0. The number of hydrogen-bond donors (Lipinski definition) is 4. The molecule has 18 heavy (non-hydrogen) atoms. The first kappa shape index (κ1) is 15.8. The summed E-state index contributed by atoms with van der Waals surface area (Å²) in [6.07, 6.45) is 4.85. The molecule has 0 saturated carbocycles. The number of carbonyl (C=O) groups is 3. The lowest BCUT2D eigenvalue weighted by molar-refractivity contribution is -0.139. The summed E-state index contributed by atoms with van der Waals surface area (Å²) >= 11 is 0. The van der Waals surface area contributed by atoms with E-state index in [1.165, 1.54) is 0 Å². The van der Waals surface area contributed by atoms with Crippen molar-refractivity contribution in [3.63, 3.8) is 0 Å². The Kier molecular flexibility index (Phi) is 6.96. The van der Waals surface area contributed by atoms with Crippen molar-refractivity contribution in [2.45, 2.75) is 32.4 Å². The van der Waals surface area contributed by atoms with E-state index >= 15 is 0 Å². The lowest BCUT2D eigenvalue weighted by Crippen LogP contribution is -2.48. The summed E-state index contributed by atoms with van der Waals surface area (Å²) in [7, 11) is 0. The summed E-state index contributed by atoms with van der Waals surface area (Å²) in [5, 5.41) is 15.7. The molecule has 0 rings (SSSR count). The molecule has 0 aliphatic carbocycles. The molecule has 0 bridgehead atoms. The molecule has 0 aromatic carbocycles. The number of carboxylic acids is 1. The van der Waals surface area contributed by atoms with E-state index in [1.807, 2.05) is 0 Å². The van der Waals surface area contributed by atoms with Crippen molar-refractivity contribution in [1.29, 1.82) is 0 Å². The minimum absolute atomic E-state index is 0.0319. The summed E-state index contributed by atoms with van der Waals surface area (Å²) in [4.78, 5) is 33.2. The fourth-order valence-corrected chi connectivity index (χ4v) is 1.06. The van der Waals surface area contributed by atoms with E-state index in [2.05, 4.69) is 21.9 Å². The first-order valence-corrected chi connectivity index (χ1v) is 5.36. The van der Waals surface area contributed by atoms with E-state index in [4.69, 9.17) is 11.5 Å². The van der Waals surface area contributed by atoms with Crippen LogP contribution >= 0.6 is 0 Å². The third kappa shape index (κ3) is 7.11. The lowest BCUT2D eigenvalue weighted by Gasteiger charge is -2.13. The fourth-order valence-electron chi connectivity index (χ4n) is 1.06. The van der Waals surface area contributed by atoms with Gasteiger partial charge in [0.05, 0.1) is 6.54 Å². The zero-order valence-corrected chi connectivity index (χ0v) is 10.3. The van der Waals surface area contributed by atoms with Gasteiger partial charge in [0.15, 0.2) is 0 Å². The Morgan fingerprint density at radius 3 is 2.33 bits per heavy atom. The van der Waals surface area contributed by atoms with Gasteiger partial charge in [-0.15, -0.1) is 12.3 Å². The highest BCUT2D eigenvalue weighted by molar-refractivity contribution is 5.86. The molecule has 4 N–H and O–H groups in total. The number of carbonyl (C=O) groups excluding carboxylic acids is 2. The van der Waals surface area contributed by atoms with Crippen molar-refractivity contribution >= 4 is 17.9 Å². The molecular weight excluding hydrogens is 238 g/mol. The van der Waals surface area contributed by atoms with Crippen LogP contribution in [0.2, 0.25) is 0 Å². The first-order chi connectivity index (χ1) is 8.36. The number of rotatable bonds is 6. The van der Waals surface area contributed by atoms with Gasteiger partial charge in [0.1, 0.15) is 6.04 Å². The number of urea groups is 1. The summed E-state index contributed by atoms with van der Waals surface area (Å²) in [5.74, 6) is 0.558. The molecule has 1 atom stereocenters. The predicted octanol–water partition coefficient (Wildman–Crippen LogP) is -0.713. The number of terminal acetylenes is 1. The molecule has 3 amide bonds. The summed E-state index contributed by atoms with van der Waals surface area (Å²) in [5.41, 5.74) is 0. The molecule has 7 nitrogen and oxygen atoms in total. The van der Waals surface area contributed by atoms with Gasteiger partial charge in [0.25, 0.3) is 0 Å². The monoisotopic (exact) mass is 255 g/mol. The van der Waals surface area contributed by atoms with Crippen LogP contribution in [0.5, 0.6) is 0 Å².